The van der Waals surface area contributed by atoms with Crippen LogP contribution in [0.1, 0.15) is 32.1 Å². The summed E-state index contributed by atoms with van der Waals surface area (Å²) in [7, 11) is -2.93. The predicted molar refractivity (Wildman–Crippen MR) is 69.9 cm³/mol. The van der Waals surface area contributed by atoms with E-state index in [9.17, 15) is 8.42 Å². The molecule has 1 spiro atoms. The molecule has 1 aliphatic carbocycles. The monoisotopic (exact) mass is 280 g/mol. The van der Waals surface area contributed by atoms with E-state index < -0.39 is 10.0 Å². The Hall–Kier alpha value is 0.160. The Bertz CT molecular complexity index is 375. The molecule has 6 heteroatoms. The van der Waals surface area contributed by atoms with Gasteiger partial charge in [-0.15, -0.1) is 12.4 Å². The van der Waals surface area contributed by atoms with E-state index in [4.69, 9.17) is 0 Å². The number of sulfonamides is 1. The van der Waals surface area contributed by atoms with Crippen molar-refractivity contribution in [1.82, 2.24) is 9.62 Å². The number of hydrogen-bond acceptors (Lipinski definition) is 3. The molecule has 1 saturated carbocycles. The van der Waals surface area contributed by atoms with Gasteiger partial charge in [-0.25, -0.2) is 12.7 Å². The van der Waals surface area contributed by atoms with E-state index >= 15 is 0 Å². The summed E-state index contributed by atoms with van der Waals surface area (Å²) in [5.41, 5.74) is 0.299. The lowest BCUT2D eigenvalue weighted by atomic mass is 9.78. The molecule has 0 radical (unpaired) electrons. The molecule has 17 heavy (non-hydrogen) atoms. The van der Waals surface area contributed by atoms with Gasteiger partial charge in [0.2, 0.25) is 10.0 Å². The molecule has 0 unspecified atom stereocenters. The van der Waals surface area contributed by atoms with Crippen LogP contribution < -0.4 is 5.32 Å². The molecule has 0 aromatic carbocycles. The van der Waals surface area contributed by atoms with Gasteiger partial charge in [0.25, 0.3) is 0 Å². The third-order valence-electron chi connectivity index (χ3n) is 4.37. The molecule has 3 aliphatic rings. The summed E-state index contributed by atoms with van der Waals surface area (Å²) in [6.45, 7) is 3.65. The van der Waals surface area contributed by atoms with Gasteiger partial charge in [0.15, 0.2) is 0 Å². The molecule has 2 aliphatic heterocycles. The second-order valence-corrected chi connectivity index (χ2v) is 7.79. The van der Waals surface area contributed by atoms with Crippen LogP contribution in [0.25, 0.3) is 0 Å². The average molecular weight is 281 g/mol. The van der Waals surface area contributed by atoms with E-state index in [0.29, 0.717) is 5.41 Å². The highest BCUT2D eigenvalue weighted by molar-refractivity contribution is 7.90. The Labute approximate surface area is 110 Å². The SMILES string of the molecule is Cl.O=S(=O)(C1CC1)N1CCC2(CCNCC2)C1. The quantitative estimate of drug-likeness (QED) is 0.820. The number of piperidine rings is 1. The first-order chi connectivity index (χ1) is 7.62. The Morgan fingerprint density at radius 3 is 2.35 bits per heavy atom. The zero-order valence-corrected chi connectivity index (χ0v) is 11.7. The van der Waals surface area contributed by atoms with Gasteiger partial charge < -0.3 is 5.32 Å². The molecule has 0 aromatic rings. The summed E-state index contributed by atoms with van der Waals surface area (Å²) >= 11 is 0. The van der Waals surface area contributed by atoms with Gasteiger partial charge in [-0.2, -0.15) is 0 Å². The lowest BCUT2D eigenvalue weighted by Gasteiger charge is -2.33. The molecule has 0 bridgehead atoms. The Morgan fingerprint density at radius 2 is 1.76 bits per heavy atom. The molecule has 3 fully saturated rings. The summed E-state index contributed by atoms with van der Waals surface area (Å²) in [5, 5.41) is 3.32. The first-order valence-electron chi connectivity index (χ1n) is 6.32. The van der Waals surface area contributed by atoms with E-state index in [1.54, 1.807) is 4.31 Å². The van der Waals surface area contributed by atoms with Crippen molar-refractivity contribution in [3.63, 3.8) is 0 Å². The minimum absolute atomic E-state index is 0. The van der Waals surface area contributed by atoms with Gasteiger partial charge in [-0.3, -0.25) is 0 Å². The fourth-order valence-electron chi connectivity index (χ4n) is 3.05. The zero-order valence-electron chi connectivity index (χ0n) is 10.0. The van der Waals surface area contributed by atoms with E-state index in [-0.39, 0.29) is 17.7 Å². The third kappa shape index (κ3) is 2.48. The van der Waals surface area contributed by atoms with E-state index in [1.807, 2.05) is 0 Å². The van der Waals surface area contributed by atoms with Crippen LogP contribution in [-0.2, 0) is 10.0 Å². The average Bonchev–Trinajstić information content (AvgIpc) is 3.05. The lowest BCUT2D eigenvalue weighted by molar-refractivity contribution is 0.218. The maximum Gasteiger partial charge on any atom is 0.216 e. The number of halogens is 1. The van der Waals surface area contributed by atoms with Crippen molar-refractivity contribution in [1.29, 1.82) is 0 Å². The van der Waals surface area contributed by atoms with E-state index in [2.05, 4.69) is 5.32 Å². The number of rotatable bonds is 2. The largest absolute Gasteiger partial charge is 0.317 e. The molecule has 100 valence electrons. The van der Waals surface area contributed by atoms with Crippen LogP contribution in [0.15, 0.2) is 0 Å². The second-order valence-electron chi connectivity index (χ2n) is 5.58. The summed E-state index contributed by atoms with van der Waals surface area (Å²) in [4.78, 5) is 0. The molecular formula is C11H21ClN2O2S. The highest BCUT2D eigenvalue weighted by Gasteiger charge is 2.47. The summed E-state index contributed by atoms with van der Waals surface area (Å²) in [5.74, 6) is 0. The maximum absolute atomic E-state index is 12.1. The first-order valence-corrected chi connectivity index (χ1v) is 7.83. The third-order valence-corrected chi connectivity index (χ3v) is 6.72. The lowest BCUT2D eigenvalue weighted by Crippen LogP contribution is -2.40. The second kappa shape index (κ2) is 4.68. The zero-order chi connectivity index (χ0) is 11.2. The minimum Gasteiger partial charge on any atom is -0.317 e. The molecule has 3 rings (SSSR count). The topological polar surface area (TPSA) is 49.4 Å². The fraction of sp³-hybridized carbons (Fsp3) is 1.00. The molecule has 2 heterocycles. The van der Waals surface area contributed by atoms with Crippen molar-refractivity contribution in [3.8, 4) is 0 Å². The smallest absolute Gasteiger partial charge is 0.216 e. The van der Waals surface area contributed by atoms with Gasteiger partial charge in [0.1, 0.15) is 0 Å². The van der Waals surface area contributed by atoms with Crippen molar-refractivity contribution in [2.24, 2.45) is 5.41 Å². The van der Waals surface area contributed by atoms with E-state index in [1.165, 1.54) is 0 Å². The Kier molecular flexibility index (Phi) is 3.74. The molecule has 0 atom stereocenters. The van der Waals surface area contributed by atoms with Crippen LogP contribution >= 0.6 is 12.4 Å². The van der Waals surface area contributed by atoms with Crippen molar-refractivity contribution in [2.75, 3.05) is 26.2 Å². The van der Waals surface area contributed by atoms with Crippen LogP contribution in [0.3, 0.4) is 0 Å². The number of nitrogens with one attached hydrogen (secondary N) is 1. The van der Waals surface area contributed by atoms with Crippen LogP contribution in [-0.4, -0.2) is 44.2 Å². The maximum atomic E-state index is 12.1. The van der Waals surface area contributed by atoms with Gasteiger partial charge in [0, 0.05) is 13.1 Å². The highest BCUT2D eigenvalue weighted by atomic mass is 35.5. The summed E-state index contributed by atoms with van der Waals surface area (Å²) < 4.78 is 26.0. The fourth-order valence-corrected chi connectivity index (χ4v) is 5.01. The first kappa shape index (κ1) is 13.6. The van der Waals surface area contributed by atoms with Gasteiger partial charge >= 0.3 is 0 Å². The Balaban J connectivity index is 0.00000108. The van der Waals surface area contributed by atoms with Gasteiger partial charge in [0.05, 0.1) is 5.25 Å². The summed E-state index contributed by atoms with van der Waals surface area (Å²) in [6, 6.07) is 0. The Morgan fingerprint density at radius 1 is 1.12 bits per heavy atom. The van der Waals surface area contributed by atoms with Gasteiger partial charge in [-0.1, -0.05) is 0 Å². The molecular weight excluding hydrogens is 260 g/mol. The van der Waals surface area contributed by atoms with Crippen molar-refractivity contribution in [2.45, 2.75) is 37.4 Å². The molecule has 4 nitrogen and oxygen atoms in total. The summed E-state index contributed by atoms with van der Waals surface area (Å²) in [6.07, 6.45) is 5.12. The highest BCUT2D eigenvalue weighted by Crippen LogP contribution is 2.42. The van der Waals surface area contributed by atoms with Crippen LogP contribution in [0, 0.1) is 5.41 Å². The standard InChI is InChI=1S/C11H20N2O2S.ClH/c14-16(15,10-1-2-10)13-8-5-11(9-13)3-6-12-7-4-11;/h10,12H,1-9H2;1H. The predicted octanol–water partition coefficient (Wildman–Crippen LogP) is 0.976. The molecule has 0 amide bonds. The minimum atomic E-state index is -2.93. The van der Waals surface area contributed by atoms with Crippen molar-refractivity contribution in [3.05, 3.63) is 0 Å². The molecule has 1 N–H and O–H groups in total. The van der Waals surface area contributed by atoms with Gasteiger partial charge in [-0.05, 0) is 50.6 Å². The number of nitrogens with zero attached hydrogens (tertiary/aromatic N) is 1. The van der Waals surface area contributed by atoms with Crippen LogP contribution in [0.2, 0.25) is 0 Å². The normalized spacial score (nSPS) is 29.2. The number of hydrogen-bond donors (Lipinski definition) is 1. The van der Waals surface area contributed by atoms with Crippen molar-refractivity contribution >= 4 is 22.4 Å². The van der Waals surface area contributed by atoms with Crippen LogP contribution in [0.4, 0.5) is 0 Å². The van der Waals surface area contributed by atoms with E-state index in [0.717, 1.165) is 58.3 Å². The van der Waals surface area contributed by atoms with Crippen LogP contribution in [0.5, 0.6) is 0 Å². The van der Waals surface area contributed by atoms with Crippen molar-refractivity contribution < 1.29 is 8.42 Å². The molecule has 2 saturated heterocycles. The molecule has 0 aromatic heterocycles.